The van der Waals surface area contributed by atoms with Crippen LogP contribution in [0, 0.1) is 22.7 Å². The maximum absolute atomic E-state index is 11.7. The first-order valence-electron chi connectivity index (χ1n) is 5.35. The van der Waals surface area contributed by atoms with Gasteiger partial charge in [0.1, 0.15) is 5.92 Å². The Kier molecular flexibility index (Phi) is 5.39. The molecule has 19 heavy (non-hydrogen) atoms. The molecule has 6 heteroatoms. The maximum Gasteiger partial charge on any atom is 0.338 e. The molecule has 1 atom stereocenters. The minimum absolute atomic E-state index is 0.0639. The molecule has 0 spiro atoms. The van der Waals surface area contributed by atoms with Crippen LogP contribution in [0.25, 0.3) is 0 Å². The monoisotopic (exact) mass is 322 g/mol. The lowest BCUT2D eigenvalue weighted by Gasteiger charge is -2.07. The number of hydrogen-bond donors (Lipinski definition) is 1. The summed E-state index contributed by atoms with van der Waals surface area (Å²) in [6, 6.07) is 8.25. The molecule has 0 fully saturated rings. The molecule has 0 bridgehead atoms. The zero-order valence-electron chi connectivity index (χ0n) is 10.1. The first kappa shape index (κ1) is 15.1. The van der Waals surface area contributed by atoms with Crippen LogP contribution in [0.5, 0.6) is 0 Å². The molecular formula is C13H11BrN2O3. The van der Waals surface area contributed by atoms with Gasteiger partial charge in [0.2, 0.25) is 0 Å². The van der Waals surface area contributed by atoms with Crippen molar-refractivity contribution in [3.8, 4) is 6.07 Å². The third-order valence-corrected chi connectivity index (χ3v) is 2.78. The number of halogens is 1. The third kappa shape index (κ3) is 4.30. The summed E-state index contributed by atoms with van der Waals surface area (Å²) in [5, 5.41) is 16.0. The second kappa shape index (κ2) is 6.81. The fraction of sp³-hybridized carbons (Fsp3) is 0.231. The van der Waals surface area contributed by atoms with Crippen molar-refractivity contribution in [2.24, 2.45) is 5.92 Å². The number of nitrogens with one attached hydrogen (secondary N) is 1. The summed E-state index contributed by atoms with van der Waals surface area (Å²) in [5.74, 6) is -2.40. The van der Waals surface area contributed by atoms with Gasteiger partial charge in [0.05, 0.1) is 11.6 Å². The first-order chi connectivity index (χ1) is 8.95. The molecule has 0 saturated heterocycles. The highest BCUT2D eigenvalue weighted by atomic mass is 79.9. The topological polar surface area (TPSA) is 91.0 Å². The lowest BCUT2D eigenvalue weighted by atomic mass is 10.0. The van der Waals surface area contributed by atoms with Crippen molar-refractivity contribution >= 4 is 33.4 Å². The predicted molar refractivity (Wildman–Crippen MR) is 71.9 cm³/mol. The summed E-state index contributed by atoms with van der Waals surface area (Å²) in [7, 11) is 0. The Morgan fingerprint density at radius 3 is 2.74 bits per heavy atom. The van der Waals surface area contributed by atoms with Gasteiger partial charge in [0.25, 0.3) is 0 Å². The average Bonchev–Trinajstić information content (AvgIpc) is 2.36. The molecule has 0 radical (unpaired) electrons. The minimum Gasteiger partial charge on any atom is -0.454 e. The van der Waals surface area contributed by atoms with E-state index in [0.717, 1.165) is 4.47 Å². The Morgan fingerprint density at radius 1 is 1.53 bits per heavy atom. The molecule has 0 aliphatic heterocycles. The first-order valence-corrected chi connectivity index (χ1v) is 6.15. The summed E-state index contributed by atoms with van der Waals surface area (Å²) in [6.45, 7) is 0.849. The fourth-order valence-electron chi connectivity index (χ4n) is 1.33. The standard InChI is InChI=1S/C13H11BrN2O3/c1-8(16)11(6-15)12(17)7-19-13(18)9-3-2-4-10(14)5-9/h2-5,11,16H,7H2,1H3. The Balaban J connectivity index is 2.63. The highest BCUT2D eigenvalue weighted by Crippen LogP contribution is 2.12. The third-order valence-electron chi connectivity index (χ3n) is 2.29. The number of carbonyl (C=O) groups excluding carboxylic acids is 2. The molecule has 1 aromatic rings. The number of nitriles is 1. The van der Waals surface area contributed by atoms with Gasteiger partial charge in [-0.3, -0.25) is 4.79 Å². The van der Waals surface area contributed by atoms with Gasteiger partial charge in [-0.15, -0.1) is 0 Å². The van der Waals surface area contributed by atoms with E-state index in [0.29, 0.717) is 5.56 Å². The second-order valence-electron chi connectivity index (χ2n) is 3.80. The molecule has 1 rings (SSSR count). The lowest BCUT2D eigenvalue weighted by molar-refractivity contribution is -0.122. The molecule has 98 valence electrons. The van der Waals surface area contributed by atoms with Crippen molar-refractivity contribution in [1.29, 1.82) is 10.7 Å². The Hall–Kier alpha value is -2.00. The van der Waals surface area contributed by atoms with Crippen molar-refractivity contribution in [2.45, 2.75) is 6.92 Å². The number of esters is 1. The van der Waals surface area contributed by atoms with Crippen LogP contribution in [-0.4, -0.2) is 24.1 Å². The van der Waals surface area contributed by atoms with E-state index in [1.165, 1.54) is 6.92 Å². The van der Waals surface area contributed by atoms with E-state index >= 15 is 0 Å². The van der Waals surface area contributed by atoms with E-state index in [1.807, 2.05) is 0 Å². The molecule has 0 saturated carbocycles. The molecule has 0 amide bonds. The van der Waals surface area contributed by atoms with Gasteiger partial charge >= 0.3 is 5.97 Å². The molecule has 1 unspecified atom stereocenters. The Labute approximate surface area is 118 Å². The number of carbonyl (C=O) groups is 2. The zero-order valence-corrected chi connectivity index (χ0v) is 11.7. The molecule has 0 aliphatic rings. The van der Waals surface area contributed by atoms with E-state index < -0.39 is 24.3 Å². The molecule has 5 nitrogen and oxygen atoms in total. The van der Waals surface area contributed by atoms with Crippen molar-refractivity contribution in [3.05, 3.63) is 34.3 Å². The van der Waals surface area contributed by atoms with Crippen LogP contribution in [0.1, 0.15) is 17.3 Å². The fourth-order valence-corrected chi connectivity index (χ4v) is 1.73. The van der Waals surface area contributed by atoms with Crippen LogP contribution < -0.4 is 0 Å². The van der Waals surface area contributed by atoms with E-state index in [1.54, 1.807) is 30.3 Å². The van der Waals surface area contributed by atoms with E-state index in [2.05, 4.69) is 15.9 Å². The summed E-state index contributed by atoms with van der Waals surface area (Å²) >= 11 is 3.22. The largest absolute Gasteiger partial charge is 0.454 e. The number of Topliss-reactive ketones (excluding diaryl/α,β-unsaturated/α-hetero) is 1. The van der Waals surface area contributed by atoms with Crippen molar-refractivity contribution in [2.75, 3.05) is 6.61 Å². The molecule has 0 heterocycles. The number of ketones is 1. The van der Waals surface area contributed by atoms with Crippen molar-refractivity contribution in [1.82, 2.24) is 0 Å². The van der Waals surface area contributed by atoms with Crippen molar-refractivity contribution < 1.29 is 14.3 Å². The van der Waals surface area contributed by atoms with Gasteiger partial charge in [-0.1, -0.05) is 22.0 Å². The summed E-state index contributed by atoms with van der Waals surface area (Å²) < 4.78 is 5.54. The number of nitrogens with zero attached hydrogens (tertiary/aromatic N) is 1. The van der Waals surface area contributed by atoms with Gasteiger partial charge < -0.3 is 10.1 Å². The highest BCUT2D eigenvalue weighted by molar-refractivity contribution is 9.10. The van der Waals surface area contributed by atoms with Crippen LogP contribution in [0.15, 0.2) is 28.7 Å². The summed E-state index contributed by atoms with van der Waals surface area (Å²) in [5.41, 5.74) is 0.244. The van der Waals surface area contributed by atoms with Crippen LogP contribution >= 0.6 is 15.9 Å². The van der Waals surface area contributed by atoms with E-state index in [4.69, 9.17) is 15.4 Å². The summed E-state index contributed by atoms with van der Waals surface area (Å²) in [6.07, 6.45) is 0. The van der Waals surface area contributed by atoms with Gasteiger partial charge in [-0.05, 0) is 25.1 Å². The highest BCUT2D eigenvalue weighted by Gasteiger charge is 2.21. The maximum atomic E-state index is 11.7. The van der Waals surface area contributed by atoms with E-state index in [9.17, 15) is 9.59 Å². The molecule has 0 aromatic heterocycles. The van der Waals surface area contributed by atoms with Crippen LogP contribution in [0.3, 0.4) is 0 Å². The SMILES string of the molecule is CC(=N)C(C#N)C(=O)COC(=O)c1cccc(Br)c1. The molecule has 1 aromatic carbocycles. The number of ether oxygens (including phenoxy) is 1. The normalized spacial score (nSPS) is 11.2. The molecule has 0 aliphatic carbocycles. The summed E-state index contributed by atoms with van der Waals surface area (Å²) in [4.78, 5) is 23.2. The predicted octanol–water partition coefficient (Wildman–Crippen LogP) is 2.35. The molecular weight excluding hydrogens is 312 g/mol. The minimum atomic E-state index is -1.16. The number of hydrogen-bond acceptors (Lipinski definition) is 5. The molecule has 1 N–H and O–H groups in total. The number of benzene rings is 1. The smallest absolute Gasteiger partial charge is 0.338 e. The lowest BCUT2D eigenvalue weighted by Crippen LogP contribution is -2.25. The van der Waals surface area contributed by atoms with Gasteiger partial charge in [0, 0.05) is 10.2 Å². The van der Waals surface area contributed by atoms with Gasteiger partial charge in [-0.25, -0.2) is 4.79 Å². The number of rotatable bonds is 5. The van der Waals surface area contributed by atoms with Gasteiger partial charge in [-0.2, -0.15) is 5.26 Å². The van der Waals surface area contributed by atoms with Crippen molar-refractivity contribution in [3.63, 3.8) is 0 Å². The van der Waals surface area contributed by atoms with Crippen LogP contribution in [0.2, 0.25) is 0 Å². The van der Waals surface area contributed by atoms with Crippen LogP contribution in [0.4, 0.5) is 0 Å². The van der Waals surface area contributed by atoms with Crippen LogP contribution in [-0.2, 0) is 9.53 Å². The Bertz CT molecular complexity index is 563. The zero-order chi connectivity index (χ0) is 14.4. The van der Waals surface area contributed by atoms with E-state index in [-0.39, 0.29) is 5.71 Å². The Morgan fingerprint density at radius 2 is 2.21 bits per heavy atom. The average molecular weight is 323 g/mol. The van der Waals surface area contributed by atoms with Gasteiger partial charge in [0.15, 0.2) is 12.4 Å². The quantitative estimate of drug-likeness (QED) is 0.665. The second-order valence-corrected chi connectivity index (χ2v) is 4.71.